The Morgan fingerprint density at radius 1 is 1.22 bits per heavy atom. The number of nitrogens with one attached hydrogen (secondary N) is 1. The van der Waals surface area contributed by atoms with Crippen molar-refractivity contribution in [3.63, 3.8) is 0 Å². The first-order valence-corrected chi connectivity index (χ1v) is 6.71. The zero-order valence-electron chi connectivity index (χ0n) is 10.6. The van der Waals surface area contributed by atoms with Crippen LogP contribution >= 0.6 is 0 Å². The summed E-state index contributed by atoms with van der Waals surface area (Å²) in [4.78, 5) is 15.1. The number of anilines is 1. The van der Waals surface area contributed by atoms with Gasteiger partial charge in [0.25, 0.3) is 0 Å². The van der Waals surface area contributed by atoms with Crippen molar-refractivity contribution in [3.05, 3.63) is 24.0 Å². The highest BCUT2D eigenvalue weighted by atomic mass is 16.4. The van der Waals surface area contributed by atoms with Crippen molar-refractivity contribution < 1.29 is 9.90 Å². The highest BCUT2D eigenvalue weighted by molar-refractivity contribution is 5.93. The topological polar surface area (TPSA) is 62.2 Å². The smallest absolute Gasteiger partial charge is 0.337 e. The number of carbonyl (C=O) groups is 1. The fourth-order valence-corrected chi connectivity index (χ4v) is 2.52. The van der Waals surface area contributed by atoms with Crippen LogP contribution in [0.15, 0.2) is 18.5 Å². The predicted octanol–water partition coefficient (Wildman–Crippen LogP) is 3.30. The van der Waals surface area contributed by atoms with Crippen molar-refractivity contribution in [2.24, 2.45) is 0 Å². The molecule has 0 amide bonds. The molecule has 0 radical (unpaired) electrons. The molecule has 2 rings (SSSR count). The average Bonchev–Trinajstić information content (AvgIpc) is 2.33. The van der Waals surface area contributed by atoms with Gasteiger partial charge < -0.3 is 10.4 Å². The minimum atomic E-state index is -0.897. The number of carboxylic acids is 1. The maximum atomic E-state index is 11.1. The number of pyridine rings is 1. The van der Waals surface area contributed by atoms with Gasteiger partial charge in [0.15, 0.2) is 0 Å². The highest BCUT2D eigenvalue weighted by Crippen LogP contribution is 2.22. The number of hydrogen-bond donors (Lipinski definition) is 2. The van der Waals surface area contributed by atoms with Crippen LogP contribution in [-0.2, 0) is 0 Å². The minimum absolute atomic E-state index is 0.312. The molecule has 1 fully saturated rings. The zero-order chi connectivity index (χ0) is 12.8. The van der Waals surface area contributed by atoms with Crippen LogP contribution < -0.4 is 5.32 Å². The Labute approximate surface area is 107 Å². The van der Waals surface area contributed by atoms with Crippen LogP contribution in [0.3, 0.4) is 0 Å². The van der Waals surface area contributed by atoms with E-state index in [4.69, 9.17) is 5.11 Å². The molecule has 1 aromatic heterocycles. The van der Waals surface area contributed by atoms with Gasteiger partial charge >= 0.3 is 5.97 Å². The molecule has 98 valence electrons. The lowest BCUT2D eigenvalue weighted by molar-refractivity contribution is 0.0697. The number of aromatic nitrogens is 1. The number of carboxylic acid groups (broad SMARTS) is 1. The van der Waals surface area contributed by atoms with E-state index in [0.717, 1.165) is 12.8 Å². The van der Waals surface area contributed by atoms with E-state index < -0.39 is 5.97 Å². The number of hydrogen-bond acceptors (Lipinski definition) is 3. The Kier molecular flexibility index (Phi) is 4.56. The fraction of sp³-hybridized carbons (Fsp3) is 0.571. The normalized spacial score (nSPS) is 17.8. The molecule has 18 heavy (non-hydrogen) atoms. The van der Waals surface area contributed by atoms with Gasteiger partial charge in [0.2, 0.25) is 0 Å². The second kappa shape index (κ2) is 6.38. The van der Waals surface area contributed by atoms with Gasteiger partial charge in [-0.05, 0) is 18.9 Å². The molecule has 1 saturated carbocycles. The first kappa shape index (κ1) is 12.9. The Morgan fingerprint density at radius 3 is 2.56 bits per heavy atom. The fourth-order valence-electron chi connectivity index (χ4n) is 2.52. The summed E-state index contributed by atoms with van der Waals surface area (Å²) in [7, 11) is 0. The van der Waals surface area contributed by atoms with Crippen LogP contribution in [0.4, 0.5) is 5.69 Å². The van der Waals surface area contributed by atoms with Gasteiger partial charge in [-0.25, -0.2) is 4.79 Å². The molecule has 4 heteroatoms. The van der Waals surface area contributed by atoms with Gasteiger partial charge in [0.05, 0.1) is 17.4 Å². The Morgan fingerprint density at radius 2 is 1.89 bits per heavy atom. The van der Waals surface area contributed by atoms with Crippen LogP contribution in [-0.4, -0.2) is 22.1 Å². The highest BCUT2D eigenvalue weighted by Gasteiger charge is 2.15. The van der Waals surface area contributed by atoms with Crippen LogP contribution in [0.2, 0.25) is 0 Å². The maximum absolute atomic E-state index is 11.1. The molecular formula is C14H20N2O2. The van der Waals surface area contributed by atoms with Crippen LogP contribution in [0.25, 0.3) is 0 Å². The van der Waals surface area contributed by atoms with Crippen LogP contribution in [0.1, 0.15) is 55.3 Å². The Bertz CT molecular complexity index is 399. The summed E-state index contributed by atoms with van der Waals surface area (Å²) < 4.78 is 0. The average molecular weight is 248 g/mol. The summed E-state index contributed by atoms with van der Waals surface area (Å²) in [6.45, 7) is 0. The molecular weight excluding hydrogens is 228 g/mol. The summed E-state index contributed by atoms with van der Waals surface area (Å²) in [5.74, 6) is -0.897. The molecule has 0 aliphatic heterocycles. The zero-order valence-corrected chi connectivity index (χ0v) is 10.6. The second-order valence-corrected chi connectivity index (χ2v) is 4.91. The van der Waals surface area contributed by atoms with Crippen molar-refractivity contribution in [1.29, 1.82) is 0 Å². The van der Waals surface area contributed by atoms with Gasteiger partial charge in [-0.3, -0.25) is 4.98 Å². The largest absolute Gasteiger partial charge is 0.478 e. The molecule has 0 unspecified atom stereocenters. The van der Waals surface area contributed by atoms with Gasteiger partial charge in [0, 0.05) is 12.2 Å². The number of rotatable bonds is 3. The van der Waals surface area contributed by atoms with Gasteiger partial charge in [-0.1, -0.05) is 32.1 Å². The van der Waals surface area contributed by atoms with Crippen molar-refractivity contribution in [3.8, 4) is 0 Å². The second-order valence-electron chi connectivity index (χ2n) is 4.91. The van der Waals surface area contributed by atoms with E-state index in [0.29, 0.717) is 17.3 Å². The van der Waals surface area contributed by atoms with Crippen molar-refractivity contribution in [1.82, 2.24) is 4.98 Å². The molecule has 1 heterocycles. The van der Waals surface area contributed by atoms with Crippen LogP contribution in [0, 0.1) is 0 Å². The SMILES string of the molecule is O=C(O)c1ccncc1NC1CCCCCCC1. The summed E-state index contributed by atoms with van der Waals surface area (Å²) >= 11 is 0. The molecule has 0 atom stereocenters. The quantitative estimate of drug-likeness (QED) is 0.861. The molecule has 2 N–H and O–H groups in total. The minimum Gasteiger partial charge on any atom is -0.478 e. The molecule has 4 nitrogen and oxygen atoms in total. The van der Waals surface area contributed by atoms with Crippen molar-refractivity contribution in [2.75, 3.05) is 5.32 Å². The molecule has 0 aromatic carbocycles. The lowest BCUT2D eigenvalue weighted by atomic mass is 9.96. The Hall–Kier alpha value is -1.58. The molecule has 0 saturated heterocycles. The van der Waals surface area contributed by atoms with Gasteiger partial charge in [-0.2, -0.15) is 0 Å². The summed E-state index contributed by atoms with van der Waals surface area (Å²) in [5, 5.41) is 12.5. The molecule has 0 bridgehead atoms. The summed E-state index contributed by atoms with van der Waals surface area (Å²) in [6, 6.07) is 1.93. The molecule has 1 aromatic rings. The third-order valence-electron chi connectivity index (χ3n) is 3.52. The van der Waals surface area contributed by atoms with E-state index in [2.05, 4.69) is 10.3 Å². The summed E-state index contributed by atoms with van der Waals surface area (Å²) in [5.41, 5.74) is 0.961. The van der Waals surface area contributed by atoms with E-state index in [-0.39, 0.29) is 0 Å². The van der Waals surface area contributed by atoms with E-state index in [1.807, 2.05) is 0 Å². The van der Waals surface area contributed by atoms with Crippen molar-refractivity contribution >= 4 is 11.7 Å². The predicted molar refractivity (Wildman–Crippen MR) is 70.9 cm³/mol. The monoisotopic (exact) mass is 248 g/mol. The first-order valence-electron chi connectivity index (χ1n) is 6.71. The third kappa shape index (κ3) is 3.45. The maximum Gasteiger partial charge on any atom is 0.337 e. The summed E-state index contributed by atoms with van der Waals surface area (Å²) in [6.07, 6.45) is 11.7. The lowest BCUT2D eigenvalue weighted by Crippen LogP contribution is -2.22. The molecule has 1 aliphatic carbocycles. The first-order chi connectivity index (χ1) is 8.77. The lowest BCUT2D eigenvalue weighted by Gasteiger charge is -2.22. The number of aromatic carboxylic acids is 1. The van der Waals surface area contributed by atoms with E-state index >= 15 is 0 Å². The van der Waals surface area contributed by atoms with E-state index in [9.17, 15) is 4.79 Å². The standard InChI is InChI=1S/C14H20N2O2/c17-14(18)12-8-9-15-10-13(12)16-11-6-4-2-1-3-5-7-11/h8-11,16H,1-7H2,(H,17,18). The van der Waals surface area contributed by atoms with Crippen LogP contribution in [0.5, 0.6) is 0 Å². The number of nitrogens with zero attached hydrogens (tertiary/aromatic N) is 1. The molecule has 1 aliphatic rings. The van der Waals surface area contributed by atoms with E-state index in [1.165, 1.54) is 38.3 Å². The van der Waals surface area contributed by atoms with Gasteiger partial charge in [0.1, 0.15) is 0 Å². The van der Waals surface area contributed by atoms with Crippen molar-refractivity contribution in [2.45, 2.75) is 51.0 Å². The van der Waals surface area contributed by atoms with Gasteiger partial charge in [-0.15, -0.1) is 0 Å². The molecule has 0 spiro atoms. The Balaban J connectivity index is 2.05. The van der Waals surface area contributed by atoms with E-state index in [1.54, 1.807) is 12.3 Å². The third-order valence-corrected chi connectivity index (χ3v) is 3.52.